The van der Waals surface area contributed by atoms with E-state index in [0.717, 1.165) is 13.0 Å². The van der Waals surface area contributed by atoms with Crippen molar-refractivity contribution >= 4 is 17.4 Å². The first-order valence-corrected chi connectivity index (χ1v) is 6.60. The Morgan fingerprint density at radius 3 is 3.00 bits per heavy atom. The molecule has 5 nitrogen and oxygen atoms in total. The van der Waals surface area contributed by atoms with Crippen LogP contribution < -0.4 is 10.1 Å². The quantitative estimate of drug-likeness (QED) is 0.907. The fourth-order valence-electron chi connectivity index (χ4n) is 2.38. The van der Waals surface area contributed by atoms with Gasteiger partial charge >= 0.3 is 6.01 Å². The summed E-state index contributed by atoms with van der Waals surface area (Å²) in [7, 11) is 1.54. The van der Waals surface area contributed by atoms with Gasteiger partial charge in [-0.05, 0) is 25.2 Å². The van der Waals surface area contributed by atoms with Crippen molar-refractivity contribution in [2.45, 2.75) is 31.4 Å². The summed E-state index contributed by atoms with van der Waals surface area (Å²) >= 11 is 6.09. The summed E-state index contributed by atoms with van der Waals surface area (Å²) in [5.74, 6) is 1.33. The van der Waals surface area contributed by atoms with Crippen molar-refractivity contribution in [3.05, 3.63) is 11.2 Å². The van der Waals surface area contributed by atoms with Gasteiger partial charge in [-0.2, -0.15) is 4.98 Å². The molecule has 2 aliphatic rings. The average molecular weight is 270 g/mol. The van der Waals surface area contributed by atoms with Crippen LogP contribution in [-0.4, -0.2) is 35.8 Å². The van der Waals surface area contributed by atoms with Crippen molar-refractivity contribution in [1.82, 2.24) is 9.97 Å². The molecule has 0 spiro atoms. The Labute approximate surface area is 111 Å². The fourth-order valence-corrected chi connectivity index (χ4v) is 2.53. The molecule has 18 heavy (non-hydrogen) atoms. The minimum atomic E-state index is 0.287. The number of halogens is 1. The maximum absolute atomic E-state index is 6.09. The van der Waals surface area contributed by atoms with Gasteiger partial charge in [0.05, 0.1) is 25.5 Å². The molecule has 1 aromatic heterocycles. The molecule has 1 saturated carbocycles. The van der Waals surface area contributed by atoms with Crippen LogP contribution in [0.3, 0.4) is 0 Å². The molecule has 1 saturated heterocycles. The van der Waals surface area contributed by atoms with Gasteiger partial charge in [-0.15, -0.1) is 0 Å². The molecule has 0 aromatic carbocycles. The third-order valence-electron chi connectivity index (χ3n) is 3.45. The molecular formula is C12H16ClN3O2. The summed E-state index contributed by atoms with van der Waals surface area (Å²) < 4.78 is 10.8. The van der Waals surface area contributed by atoms with Crippen molar-refractivity contribution in [3.63, 3.8) is 0 Å². The number of methoxy groups -OCH3 is 1. The summed E-state index contributed by atoms with van der Waals surface area (Å²) in [4.78, 5) is 8.20. The van der Waals surface area contributed by atoms with E-state index in [9.17, 15) is 0 Å². The van der Waals surface area contributed by atoms with Gasteiger partial charge in [-0.1, -0.05) is 11.6 Å². The number of hydrogen-bond acceptors (Lipinski definition) is 5. The number of hydrogen-bond donors (Lipinski definition) is 1. The van der Waals surface area contributed by atoms with Crippen molar-refractivity contribution in [2.75, 3.05) is 19.0 Å². The van der Waals surface area contributed by atoms with Gasteiger partial charge in [0.25, 0.3) is 0 Å². The van der Waals surface area contributed by atoms with Crippen molar-refractivity contribution in [1.29, 1.82) is 0 Å². The summed E-state index contributed by atoms with van der Waals surface area (Å²) in [5, 5.41) is 3.88. The van der Waals surface area contributed by atoms with Crippen LogP contribution in [0.2, 0.25) is 5.02 Å². The number of ether oxygens (including phenoxy) is 2. The van der Waals surface area contributed by atoms with Crippen LogP contribution in [-0.2, 0) is 4.74 Å². The first kappa shape index (κ1) is 12.0. The molecule has 6 heteroatoms. The molecule has 1 aliphatic heterocycles. The van der Waals surface area contributed by atoms with E-state index in [0.29, 0.717) is 28.9 Å². The molecule has 2 fully saturated rings. The minimum Gasteiger partial charge on any atom is -0.467 e. The smallest absolute Gasteiger partial charge is 0.318 e. The van der Waals surface area contributed by atoms with Gasteiger partial charge < -0.3 is 14.8 Å². The van der Waals surface area contributed by atoms with Gasteiger partial charge in [0.15, 0.2) is 5.82 Å². The molecule has 3 rings (SSSR count). The average Bonchev–Trinajstić information content (AvgIpc) is 3.13. The van der Waals surface area contributed by atoms with E-state index in [2.05, 4.69) is 15.3 Å². The molecular weight excluding hydrogens is 254 g/mol. The highest BCUT2D eigenvalue weighted by molar-refractivity contribution is 6.32. The molecule has 2 unspecified atom stereocenters. The maximum atomic E-state index is 6.09. The fraction of sp³-hybridized carbons (Fsp3) is 0.667. The Balaban J connectivity index is 1.74. The van der Waals surface area contributed by atoms with Crippen LogP contribution >= 0.6 is 11.6 Å². The van der Waals surface area contributed by atoms with Gasteiger partial charge in [0.1, 0.15) is 5.02 Å². The highest BCUT2D eigenvalue weighted by atomic mass is 35.5. The Hall–Kier alpha value is -1.07. The van der Waals surface area contributed by atoms with Crippen LogP contribution in [0.4, 0.5) is 5.82 Å². The Bertz CT molecular complexity index is 439. The molecule has 0 amide bonds. The van der Waals surface area contributed by atoms with E-state index < -0.39 is 0 Å². The third-order valence-corrected chi connectivity index (χ3v) is 3.73. The Kier molecular flexibility index (Phi) is 3.26. The lowest BCUT2D eigenvalue weighted by molar-refractivity contribution is 0.0898. The van der Waals surface area contributed by atoms with Crippen LogP contribution in [0.15, 0.2) is 6.20 Å². The van der Waals surface area contributed by atoms with E-state index in [1.165, 1.54) is 12.8 Å². The zero-order chi connectivity index (χ0) is 12.5. The van der Waals surface area contributed by atoms with Crippen LogP contribution in [0.5, 0.6) is 6.01 Å². The second-order valence-corrected chi connectivity index (χ2v) is 5.17. The van der Waals surface area contributed by atoms with E-state index in [1.54, 1.807) is 13.3 Å². The second kappa shape index (κ2) is 4.90. The van der Waals surface area contributed by atoms with Crippen molar-refractivity contribution in [3.8, 4) is 6.01 Å². The second-order valence-electron chi connectivity index (χ2n) is 4.77. The molecule has 0 bridgehead atoms. The Morgan fingerprint density at radius 2 is 2.28 bits per heavy atom. The zero-order valence-corrected chi connectivity index (χ0v) is 11.0. The summed E-state index contributed by atoms with van der Waals surface area (Å²) in [6.07, 6.45) is 5.37. The maximum Gasteiger partial charge on any atom is 0.318 e. The molecule has 1 N–H and O–H groups in total. The van der Waals surface area contributed by atoms with E-state index in [1.807, 2.05) is 0 Å². The first-order valence-electron chi connectivity index (χ1n) is 6.22. The number of nitrogens with zero attached hydrogens (tertiary/aromatic N) is 2. The summed E-state index contributed by atoms with van der Waals surface area (Å²) in [5.41, 5.74) is 0. The van der Waals surface area contributed by atoms with Crippen LogP contribution in [0.25, 0.3) is 0 Å². The number of rotatable bonds is 4. The zero-order valence-electron chi connectivity index (χ0n) is 10.2. The molecule has 98 valence electrons. The molecule has 1 aliphatic carbocycles. The van der Waals surface area contributed by atoms with Gasteiger partial charge in [-0.25, -0.2) is 4.98 Å². The van der Waals surface area contributed by atoms with E-state index in [-0.39, 0.29) is 6.04 Å². The highest BCUT2D eigenvalue weighted by Crippen LogP contribution is 2.39. The topological polar surface area (TPSA) is 56.3 Å². The van der Waals surface area contributed by atoms with Crippen LogP contribution in [0.1, 0.15) is 19.3 Å². The SMILES string of the molecule is COc1ncc(Cl)c(NC2CCOC2C2CC2)n1. The predicted octanol–water partition coefficient (Wildman–Crippen LogP) is 2.12. The first-order chi connectivity index (χ1) is 8.78. The molecule has 2 heterocycles. The van der Waals surface area contributed by atoms with E-state index in [4.69, 9.17) is 21.1 Å². The molecule has 0 radical (unpaired) electrons. The van der Waals surface area contributed by atoms with E-state index >= 15 is 0 Å². The number of aromatic nitrogens is 2. The number of nitrogens with one attached hydrogen (secondary N) is 1. The van der Waals surface area contributed by atoms with Gasteiger partial charge in [-0.3, -0.25) is 0 Å². The normalized spacial score (nSPS) is 27.2. The monoisotopic (exact) mass is 269 g/mol. The van der Waals surface area contributed by atoms with Crippen molar-refractivity contribution in [2.24, 2.45) is 5.92 Å². The standard InChI is InChI=1S/C12H16ClN3O2/c1-17-12-14-6-8(13)11(16-12)15-9-4-5-18-10(9)7-2-3-7/h6-7,9-10H,2-5H2,1H3,(H,14,15,16). The minimum absolute atomic E-state index is 0.287. The third kappa shape index (κ3) is 2.37. The lowest BCUT2D eigenvalue weighted by Crippen LogP contribution is -2.31. The van der Waals surface area contributed by atoms with Gasteiger partial charge in [0.2, 0.25) is 0 Å². The van der Waals surface area contributed by atoms with Gasteiger partial charge in [0, 0.05) is 6.61 Å². The largest absolute Gasteiger partial charge is 0.467 e. The predicted molar refractivity (Wildman–Crippen MR) is 68.1 cm³/mol. The lowest BCUT2D eigenvalue weighted by Gasteiger charge is -2.20. The summed E-state index contributed by atoms with van der Waals surface area (Å²) in [6, 6.07) is 0.610. The van der Waals surface area contributed by atoms with Crippen molar-refractivity contribution < 1.29 is 9.47 Å². The van der Waals surface area contributed by atoms with Crippen LogP contribution in [0, 0.1) is 5.92 Å². The lowest BCUT2D eigenvalue weighted by atomic mass is 10.1. The summed E-state index contributed by atoms with van der Waals surface area (Å²) in [6.45, 7) is 0.804. The molecule has 1 aromatic rings. The highest BCUT2D eigenvalue weighted by Gasteiger charge is 2.40. The molecule has 2 atom stereocenters. The number of anilines is 1. The Morgan fingerprint density at radius 1 is 1.44 bits per heavy atom.